The van der Waals surface area contributed by atoms with E-state index < -0.39 is 4.92 Å². The van der Waals surface area contributed by atoms with E-state index in [1.807, 2.05) is 13.0 Å². The molecule has 2 N–H and O–H groups in total. The van der Waals surface area contributed by atoms with Crippen molar-refractivity contribution in [1.29, 1.82) is 0 Å². The summed E-state index contributed by atoms with van der Waals surface area (Å²) in [4.78, 5) is 18.1. The van der Waals surface area contributed by atoms with E-state index in [1.165, 1.54) is 6.92 Å². The molecule has 0 unspecified atom stereocenters. The van der Waals surface area contributed by atoms with Crippen molar-refractivity contribution in [3.63, 3.8) is 0 Å². The molecule has 0 fully saturated rings. The Kier molecular flexibility index (Phi) is 3.84. The third-order valence-electron chi connectivity index (χ3n) is 2.57. The minimum Gasteiger partial charge on any atom is -0.433 e. The number of aryl methyl sites for hydroxylation is 2. The van der Waals surface area contributed by atoms with Crippen molar-refractivity contribution in [3.8, 4) is 11.6 Å². The molecule has 104 valence electrons. The number of hydrogen-bond donors (Lipinski definition) is 1. The zero-order chi connectivity index (χ0) is 14.9. The molecule has 0 saturated heterocycles. The lowest BCUT2D eigenvalue weighted by Crippen LogP contribution is -2.05. The van der Waals surface area contributed by atoms with Crippen LogP contribution in [-0.2, 0) is 0 Å². The highest BCUT2D eigenvalue weighted by atomic mass is 79.9. The highest BCUT2D eigenvalue weighted by molar-refractivity contribution is 9.10. The molecule has 1 aromatic carbocycles. The molecule has 7 nitrogen and oxygen atoms in total. The number of nitrogens with two attached hydrogens (primary N) is 1. The Bertz CT molecular complexity index is 691. The first-order valence-electron chi connectivity index (χ1n) is 5.61. The number of rotatable bonds is 3. The largest absolute Gasteiger partial charge is 0.433 e. The van der Waals surface area contributed by atoms with Crippen molar-refractivity contribution in [2.24, 2.45) is 0 Å². The zero-order valence-electron chi connectivity index (χ0n) is 10.8. The SMILES string of the molecule is Cc1cc(Br)ccc1Oc1nc(N)nc(C)c1[N+](=O)[O-]. The van der Waals surface area contributed by atoms with Crippen molar-refractivity contribution >= 4 is 27.6 Å². The van der Waals surface area contributed by atoms with E-state index >= 15 is 0 Å². The Labute approximate surface area is 123 Å². The number of halogens is 1. The van der Waals surface area contributed by atoms with E-state index in [1.54, 1.807) is 12.1 Å². The first-order chi connectivity index (χ1) is 9.38. The maximum absolute atomic E-state index is 11.1. The van der Waals surface area contributed by atoms with E-state index in [0.717, 1.165) is 10.0 Å². The Morgan fingerprint density at radius 2 is 2.05 bits per heavy atom. The monoisotopic (exact) mass is 338 g/mol. The number of nitro groups is 1. The summed E-state index contributed by atoms with van der Waals surface area (Å²) in [6.07, 6.45) is 0. The van der Waals surface area contributed by atoms with Crippen LogP contribution in [0.15, 0.2) is 22.7 Å². The lowest BCUT2D eigenvalue weighted by molar-refractivity contribution is -0.386. The fourth-order valence-corrected chi connectivity index (χ4v) is 2.15. The van der Waals surface area contributed by atoms with Crippen molar-refractivity contribution in [2.75, 3.05) is 5.73 Å². The molecule has 0 aliphatic rings. The zero-order valence-corrected chi connectivity index (χ0v) is 12.3. The molecule has 0 amide bonds. The lowest BCUT2D eigenvalue weighted by Gasteiger charge is -2.09. The van der Waals surface area contributed by atoms with Crippen LogP contribution in [0.2, 0.25) is 0 Å². The van der Waals surface area contributed by atoms with Gasteiger partial charge in [0.2, 0.25) is 5.95 Å². The van der Waals surface area contributed by atoms with Crippen LogP contribution in [0.3, 0.4) is 0 Å². The summed E-state index contributed by atoms with van der Waals surface area (Å²) in [6, 6.07) is 5.29. The summed E-state index contributed by atoms with van der Waals surface area (Å²) >= 11 is 3.33. The maximum atomic E-state index is 11.1. The highest BCUT2D eigenvalue weighted by Gasteiger charge is 2.24. The molecular weight excluding hydrogens is 328 g/mol. The number of nitrogen functional groups attached to an aromatic ring is 1. The summed E-state index contributed by atoms with van der Waals surface area (Å²) in [5, 5.41) is 11.1. The summed E-state index contributed by atoms with van der Waals surface area (Å²) in [6.45, 7) is 3.31. The van der Waals surface area contributed by atoms with Crippen LogP contribution in [0.5, 0.6) is 11.6 Å². The number of benzene rings is 1. The van der Waals surface area contributed by atoms with Crippen LogP contribution < -0.4 is 10.5 Å². The van der Waals surface area contributed by atoms with Gasteiger partial charge < -0.3 is 10.5 Å². The van der Waals surface area contributed by atoms with Crippen molar-refractivity contribution in [3.05, 3.63) is 44.0 Å². The van der Waals surface area contributed by atoms with Crippen LogP contribution in [0, 0.1) is 24.0 Å². The van der Waals surface area contributed by atoms with Gasteiger partial charge in [-0.2, -0.15) is 4.98 Å². The van der Waals surface area contributed by atoms with E-state index in [0.29, 0.717) is 5.75 Å². The molecule has 0 radical (unpaired) electrons. The van der Waals surface area contributed by atoms with Gasteiger partial charge in [-0.25, -0.2) is 4.98 Å². The van der Waals surface area contributed by atoms with Crippen LogP contribution in [-0.4, -0.2) is 14.9 Å². The first kappa shape index (κ1) is 14.2. The Hall–Kier alpha value is -2.22. The maximum Gasteiger partial charge on any atom is 0.352 e. The second-order valence-corrected chi connectivity index (χ2v) is 5.01. The van der Waals surface area contributed by atoms with Gasteiger partial charge in [-0.1, -0.05) is 15.9 Å². The first-order valence-corrected chi connectivity index (χ1v) is 6.40. The molecule has 0 spiro atoms. The molecule has 20 heavy (non-hydrogen) atoms. The number of nitrogens with zero attached hydrogens (tertiary/aromatic N) is 3. The second kappa shape index (κ2) is 5.41. The molecule has 0 aliphatic carbocycles. The van der Waals surface area contributed by atoms with E-state index in [4.69, 9.17) is 10.5 Å². The third-order valence-corrected chi connectivity index (χ3v) is 3.06. The van der Waals surface area contributed by atoms with Gasteiger partial charge in [0, 0.05) is 4.47 Å². The summed E-state index contributed by atoms with van der Waals surface area (Å²) in [5.74, 6) is 0.233. The van der Waals surface area contributed by atoms with Gasteiger partial charge in [0.25, 0.3) is 0 Å². The standard InChI is InChI=1S/C12H11BrN4O3/c1-6-5-8(13)3-4-9(6)20-11-10(17(18)19)7(2)15-12(14)16-11/h3-5H,1-2H3,(H2,14,15,16). The van der Waals surface area contributed by atoms with E-state index in [2.05, 4.69) is 25.9 Å². The average molecular weight is 339 g/mol. The molecule has 1 aromatic heterocycles. The van der Waals surface area contributed by atoms with Gasteiger partial charge in [-0.15, -0.1) is 0 Å². The molecule has 8 heteroatoms. The van der Waals surface area contributed by atoms with Crippen LogP contribution in [0.25, 0.3) is 0 Å². The predicted molar refractivity (Wildman–Crippen MR) is 76.8 cm³/mol. The topological polar surface area (TPSA) is 104 Å². The van der Waals surface area contributed by atoms with Crippen LogP contribution in [0.4, 0.5) is 11.6 Å². The highest BCUT2D eigenvalue weighted by Crippen LogP contribution is 2.33. The molecule has 0 saturated carbocycles. The lowest BCUT2D eigenvalue weighted by atomic mass is 10.2. The molecule has 1 heterocycles. The van der Waals surface area contributed by atoms with Gasteiger partial charge in [0.15, 0.2) is 0 Å². The summed E-state index contributed by atoms with van der Waals surface area (Å²) in [7, 11) is 0. The molecular formula is C12H11BrN4O3. The third kappa shape index (κ3) is 2.85. The van der Waals surface area contributed by atoms with Crippen molar-refractivity contribution in [2.45, 2.75) is 13.8 Å². The number of aromatic nitrogens is 2. The van der Waals surface area contributed by atoms with Gasteiger partial charge >= 0.3 is 11.6 Å². The van der Waals surface area contributed by atoms with Gasteiger partial charge in [0.05, 0.1) is 4.92 Å². The number of anilines is 1. The fourth-order valence-electron chi connectivity index (χ4n) is 1.67. The number of ether oxygens (including phenoxy) is 1. The van der Waals surface area contributed by atoms with E-state index in [9.17, 15) is 10.1 Å². The molecule has 0 bridgehead atoms. The summed E-state index contributed by atoms with van der Waals surface area (Å²) in [5.41, 5.74) is 6.19. The van der Waals surface area contributed by atoms with Crippen molar-refractivity contribution < 1.29 is 9.66 Å². The average Bonchev–Trinajstić information content (AvgIpc) is 2.31. The van der Waals surface area contributed by atoms with Crippen LogP contribution >= 0.6 is 15.9 Å². The van der Waals surface area contributed by atoms with Gasteiger partial charge in [-0.05, 0) is 37.6 Å². The number of hydrogen-bond acceptors (Lipinski definition) is 6. The molecule has 2 rings (SSSR count). The predicted octanol–water partition coefficient (Wildman–Crippen LogP) is 3.14. The Morgan fingerprint density at radius 3 is 2.65 bits per heavy atom. The Balaban J connectivity index is 2.50. The Morgan fingerprint density at radius 1 is 1.35 bits per heavy atom. The fraction of sp³-hybridized carbons (Fsp3) is 0.167. The quantitative estimate of drug-likeness (QED) is 0.680. The molecule has 2 aromatic rings. The van der Waals surface area contributed by atoms with E-state index in [-0.39, 0.29) is 23.2 Å². The summed E-state index contributed by atoms with van der Waals surface area (Å²) < 4.78 is 6.41. The minimum absolute atomic E-state index is 0.0714. The minimum atomic E-state index is -0.585. The molecule has 0 aliphatic heterocycles. The second-order valence-electron chi connectivity index (χ2n) is 4.09. The smallest absolute Gasteiger partial charge is 0.352 e. The van der Waals surface area contributed by atoms with Crippen molar-refractivity contribution in [1.82, 2.24) is 9.97 Å². The van der Waals surface area contributed by atoms with Gasteiger partial charge in [0.1, 0.15) is 11.4 Å². The molecule has 0 atom stereocenters. The normalized spacial score (nSPS) is 10.3. The van der Waals surface area contributed by atoms with Gasteiger partial charge in [-0.3, -0.25) is 10.1 Å². The van der Waals surface area contributed by atoms with Crippen LogP contribution in [0.1, 0.15) is 11.3 Å².